The fourth-order valence-electron chi connectivity index (χ4n) is 1.99. The Balaban J connectivity index is 1.74. The lowest BCUT2D eigenvalue weighted by Gasteiger charge is -2.24. The number of hydrogen-bond donors (Lipinski definition) is 0. The fourth-order valence-corrected chi connectivity index (χ4v) is 1.99. The second-order valence-electron chi connectivity index (χ2n) is 4.56. The molecule has 1 saturated carbocycles. The lowest BCUT2D eigenvalue weighted by Crippen LogP contribution is -2.15. The summed E-state index contributed by atoms with van der Waals surface area (Å²) in [6, 6.07) is 10.1. The maximum absolute atomic E-state index is 11.6. The second kappa shape index (κ2) is 5.64. The molecule has 16 heavy (non-hydrogen) atoms. The Kier molecular flexibility index (Phi) is 3.92. The van der Waals surface area contributed by atoms with E-state index < -0.39 is 0 Å². The van der Waals surface area contributed by atoms with E-state index in [2.05, 4.69) is 0 Å². The van der Waals surface area contributed by atoms with Crippen LogP contribution in [0.5, 0.6) is 0 Å². The van der Waals surface area contributed by atoms with Crippen LogP contribution in [0.25, 0.3) is 6.08 Å². The van der Waals surface area contributed by atoms with Gasteiger partial charge in [0.25, 0.3) is 0 Å². The molecule has 0 unspecified atom stereocenters. The Morgan fingerprint density at radius 3 is 2.62 bits per heavy atom. The summed E-state index contributed by atoms with van der Waals surface area (Å²) in [5.41, 5.74) is 1.17. The van der Waals surface area contributed by atoms with E-state index >= 15 is 0 Å². The van der Waals surface area contributed by atoms with Crippen molar-refractivity contribution >= 4 is 11.9 Å². The zero-order valence-corrected chi connectivity index (χ0v) is 9.56. The van der Waals surface area contributed by atoms with E-state index in [1.165, 1.54) is 24.8 Å². The van der Waals surface area contributed by atoms with Gasteiger partial charge < -0.3 is 0 Å². The first kappa shape index (κ1) is 11.1. The van der Waals surface area contributed by atoms with Gasteiger partial charge in [-0.15, -0.1) is 0 Å². The Bertz CT molecular complexity index is 360. The summed E-state index contributed by atoms with van der Waals surface area (Å²) in [7, 11) is 0. The molecule has 0 aliphatic heterocycles. The molecule has 0 saturated heterocycles. The SMILES string of the molecule is O=C(C/C=C/c1ccccc1)CC1CCC1. The molecule has 1 aromatic rings. The molecular weight excluding hydrogens is 196 g/mol. The van der Waals surface area contributed by atoms with Crippen molar-refractivity contribution in [1.82, 2.24) is 0 Å². The smallest absolute Gasteiger partial charge is 0.136 e. The summed E-state index contributed by atoms with van der Waals surface area (Å²) >= 11 is 0. The number of Topliss-reactive ketones (excluding diaryl/α,β-unsaturated/α-hetero) is 1. The van der Waals surface area contributed by atoms with E-state index in [1.807, 2.05) is 42.5 Å². The zero-order valence-electron chi connectivity index (χ0n) is 9.56. The topological polar surface area (TPSA) is 17.1 Å². The molecular formula is C15H18O. The average molecular weight is 214 g/mol. The number of ketones is 1. The Morgan fingerprint density at radius 2 is 2.00 bits per heavy atom. The van der Waals surface area contributed by atoms with Crippen LogP contribution in [-0.4, -0.2) is 5.78 Å². The van der Waals surface area contributed by atoms with E-state index in [0.29, 0.717) is 18.1 Å². The number of carbonyl (C=O) groups excluding carboxylic acids is 1. The van der Waals surface area contributed by atoms with Gasteiger partial charge in [-0.1, -0.05) is 61.7 Å². The number of hydrogen-bond acceptors (Lipinski definition) is 1. The van der Waals surface area contributed by atoms with E-state index in [1.54, 1.807) is 0 Å². The third-order valence-corrected chi connectivity index (χ3v) is 3.20. The molecule has 0 radical (unpaired) electrons. The molecule has 84 valence electrons. The molecule has 1 fully saturated rings. The summed E-state index contributed by atoms with van der Waals surface area (Å²) < 4.78 is 0. The third-order valence-electron chi connectivity index (χ3n) is 3.20. The fraction of sp³-hybridized carbons (Fsp3) is 0.400. The Morgan fingerprint density at radius 1 is 1.25 bits per heavy atom. The number of benzene rings is 1. The maximum Gasteiger partial charge on any atom is 0.136 e. The molecule has 0 bridgehead atoms. The predicted octanol–water partition coefficient (Wildman–Crippen LogP) is 3.85. The van der Waals surface area contributed by atoms with Gasteiger partial charge in [0.15, 0.2) is 0 Å². The lowest BCUT2D eigenvalue weighted by atomic mass is 9.81. The quantitative estimate of drug-likeness (QED) is 0.727. The summed E-state index contributed by atoms with van der Waals surface area (Å²) in [5.74, 6) is 1.08. The van der Waals surface area contributed by atoms with Gasteiger partial charge in [0, 0.05) is 12.8 Å². The molecule has 1 nitrogen and oxygen atoms in total. The minimum atomic E-state index is 0.386. The van der Waals surface area contributed by atoms with E-state index in [9.17, 15) is 4.79 Å². The Labute approximate surface area is 97.2 Å². The third kappa shape index (κ3) is 3.34. The van der Waals surface area contributed by atoms with Crippen LogP contribution in [0.3, 0.4) is 0 Å². The van der Waals surface area contributed by atoms with Crippen LogP contribution in [-0.2, 0) is 4.79 Å². The van der Waals surface area contributed by atoms with Crippen LogP contribution in [0, 0.1) is 5.92 Å². The van der Waals surface area contributed by atoms with Gasteiger partial charge in [0.1, 0.15) is 5.78 Å². The van der Waals surface area contributed by atoms with Crippen molar-refractivity contribution in [2.24, 2.45) is 5.92 Å². The normalized spacial score (nSPS) is 16.2. The molecule has 1 aliphatic carbocycles. The van der Waals surface area contributed by atoms with E-state index in [-0.39, 0.29) is 0 Å². The monoisotopic (exact) mass is 214 g/mol. The van der Waals surface area contributed by atoms with Gasteiger partial charge in [0.2, 0.25) is 0 Å². The van der Waals surface area contributed by atoms with Crippen molar-refractivity contribution in [2.45, 2.75) is 32.1 Å². The number of allylic oxidation sites excluding steroid dienone is 1. The molecule has 1 aliphatic rings. The largest absolute Gasteiger partial charge is 0.299 e. The van der Waals surface area contributed by atoms with Crippen molar-refractivity contribution in [3.8, 4) is 0 Å². The van der Waals surface area contributed by atoms with Crippen LogP contribution < -0.4 is 0 Å². The molecule has 0 atom stereocenters. The van der Waals surface area contributed by atoms with Gasteiger partial charge in [-0.25, -0.2) is 0 Å². The highest BCUT2D eigenvalue weighted by Gasteiger charge is 2.19. The van der Waals surface area contributed by atoms with Crippen molar-refractivity contribution in [3.63, 3.8) is 0 Å². The maximum atomic E-state index is 11.6. The summed E-state index contributed by atoms with van der Waals surface area (Å²) in [4.78, 5) is 11.6. The molecule has 1 heteroatoms. The van der Waals surface area contributed by atoms with Gasteiger partial charge >= 0.3 is 0 Å². The summed E-state index contributed by atoms with van der Waals surface area (Å²) in [5, 5.41) is 0. The lowest BCUT2D eigenvalue weighted by molar-refractivity contribution is -0.119. The van der Waals surface area contributed by atoms with Crippen molar-refractivity contribution < 1.29 is 4.79 Å². The van der Waals surface area contributed by atoms with Crippen LogP contribution >= 0.6 is 0 Å². The molecule has 0 aromatic heterocycles. The molecule has 2 rings (SSSR count). The minimum absolute atomic E-state index is 0.386. The van der Waals surface area contributed by atoms with E-state index in [0.717, 1.165) is 6.42 Å². The molecule has 0 spiro atoms. The number of rotatable bonds is 5. The summed E-state index contributed by atoms with van der Waals surface area (Å²) in [6.45, 7) is 0. The summed E-state index contributed by atoms with van der Waals surface area (Å²) in [6.07, 6.45) is 9.22. The molecule has 1 aromatic carbocycles. The van der Waals surface area contributed by atoms with Crippen molar-refractivity contribution in [2.75, 3.05) is 0 Å². The van der Waals surface area contributed by atoms with Crippen LogP contribution in [0.2, 0.25) is 0 Å². The van der Waals surface area contributed by atoms with Gasteiger partial charge in [0.05, 0.1) is 0 Å². The van der Waals surface area contributed by atoms with E-state index in [4.69, 9.17) is 0 Å². The van der Waals surface area contributed by atoms with Crippen LogP contribution in [0.1, 0.15) is 37.7 Å². The Hall–Kier alpha value is -1.37. The molecule has 0 N–H and O–H groups in total. The first-order valence-corrected chi connectivity index (χ1v) is 6.08. The zero-order chi connectivity index (χ0) is 11.2. The van der Waals surface area contributed by atoms with Gasteiger partial charge in [-0.05, 0) is 11.5 Å². The first-order chi connectivity index (χ1) is 7.84. The first-order valence-electron chi connectivity index (χ1n) is 6.08. The highest BCUT2D eigenvalue weighted by atomic mass is 16.1. The molecule has 0 amide bonds. The van der Waals surface area contributed by atoms with Crippen molar-refractivity contribution in [3.05, 3.63) is 42.0 Å². The van der Waals surface area contributed by atoms with Crippen molar-refractivity contribution in [1.29, 1.82) is 0 Å². The van der Waals surface area contributed by atoms with Gasteiger partial charge in [-0.2, -0.15) is 0 Å². The standard InChI is InChI=1S/C15H18O/c16-15(12-14-9-4-10-14)11-5-8-13-6-2-1-3-7-13/h1-3,5-8,14H,4,9-12H2/b8-5+. The van der Waals surface area contributed by atoms with Crippen LogP contribution in [0.4, 0.5) is 0 Å². The second-order valence-corrected chi connectivity index (χ2v) is 4.56. The van der Waals surface area contributed by atoms with Gasteiger partial charge in [-0.3, -0.25) is 4.79 Å². The number of carbonyl (C=O) groups is 1. The average Bonchev–Trinajstić information content (AvgIpc) is 2.25. The highest BCUT2D eigenvalue weighted by molar-refractivity contribution is 5.81. The molecule has 0 heterocycles. The predicted molar refractivity (Wildman–Crippen MR) is 67.1 cm³/mol. The minimum Gasteiger partial charge on any atom is -0.299 e. The van der Waals surface area contributed by atoms with Crippen LogP contribution in [0.15, 0.2) is 36.4 Å². The highest BCUT2D eigenvalue weighted by Crippen LogP contribution is 2.29.